The van der Waals surface area contributed by atoms with Crippen molar-refractivity contribution < 1.29 is 9.90 Å². The lowest BCUT2D eigenvalue weighted by atomic mass is 9.82. The molecule has 0 aliphatic heterocycles. The van der Waals surface area contributed by atoms with Crippen molar-refractivity contribution in [2.75, 3.05) is 26.7 Å². The summed E-state index contributed by atoms with van der Waals surface area (Å²) in [5, 5.41) is 9.32. The zero-order valence-electron chi connectivity index (χ0n) is 13.1. The van der Waals surface area contributed by atoms with E-state index in [1.807, 2.05) is 7.05 Å². The van der Waals surface area contributed by atoms with Gasteiger partial charge >= 0.3 is 0 Å². The number of aliphatic hydroxyl groups excluding tert-OH is 1. The standard InChI is InChI=1S/C16H30N2O2/c1-3-18(14-7-5-4-6-8-14)16(20)12-17(2)11-13-9-15(19)10-13/h13-15,19H,3-12H2,1-2H3. The van der Waals surface area contributed by atoms with Gasteiger partial charge < -0.3 is 10.0 Å². The Morgan fingerprint density at radius 3 is 2.40 bits per heavy atom. The van der Waals surface area contributed by atoms with Crippen LogP contribution < -0.4 is 0 Å². The molecule has 4 nitrogen and oxygen atoms in total. The minimum atomic E-state index is -0.0986. The summed E-state index contributed by atoms with van der Waals surface area (Å²) in [6.07, 6.45) is 7.92. The van der Waals surface area contributed by atoms with E-state index in [9.17, 15) is 9.90 Å². The Hall–Kier alpha value is -0.610. The summed E-state index contributed by atoms with van der Waals surface area (Å²) in [6.45, 7) is 4.39. The highest BCUT2D eigenvalue weighted by molar-refractivity contribution is 5.78. The molecule has 0 heterocycles. The van der Waals surface area contributed by atoms with E-state index in [1.165, 1.54) is 32.1 Å². The molecule has 1 amide bonds. The van der Waals surface area contributed by atoms with Crippen molar-refractivity contribution in [2.24, 2.45) is 5.92 Å². The van der Waals surface area contributed by atoms with E-state index in [1.54, 1.807) is 0 Å². The Labute approximate surface area is 123 Å². The maximum absolute atomic E-state index is 12.5. The highest BCUT2D eigenvalue weighted by Gasteiger charge is 2.29. The molecule has 2 rings (SSSR count). The molecule has 0 atom stereocenters. The second-order valence-corrected chi connectivity index (χ2v) is 6.66. The summed E-state index contributed by atoms with van der Waals surface area (Å²) in [6, 6.07) is 0.472. The number of carbonyl (C=O) groups excluding carboxylic acids is 1. The van der Waals surface area contributed by atoms with Crippen molar-refractivity contribution >= 4 is 5.91 Å². The van der Waals surface area contributed by atoms with Crippen LogP contribution in [0.4, 0.5) is 0 Å². The number of carbonyl (C=O) groups is 1. The Bertz CT molecular complexity index is 310. The lowest BCUT2D eigenvalue weighted by molar-refractivity contribution is -0.135. The number of hydrogen-bond acceptors (Lipinski definition) is 3. The number of amides is 1. The topological polar surface area (TPSA) is 43.8 Å². The average Bonchev–Trinajstić information content (AvgIpc) is 2.39. The Kier molecular flexibility index (Phi) is 5.85. The van der Waals surface area contributed by atoms with E-state index >= 15 is 0 Å². The Morgan fingerprint density at radius 2 is 1.85 bits per heavy atom. The second kappa shape index (κ2) is 7.41. The lowest BCUT2D eigenvalue weighted by Crippen LogP contribution is -2.47. The predicted molar refractivity (Wildman–Crippen MR) is 80.5 cm³/mol. The summed E-state index contributed by atoms with van der Waals surface area (Å²) >= 11 is 0. The molecule has 0 unspecified atom stereocenters. The SMILES string of the molecule is CCN(C(=O)CN(C)CC1CC(O)C1)C1CCCCC1. The highest BCUT2D eigenvalue weighted by Crippen LogP contribution is 2.27. The van der Waals surface area contributed by atoms with Gasteiger partial charge in [-0.15, -0.1) is 0 Å². The molecule has 0 radical (unpaired) electrons. The third-order valence-corrected chi connectivity index (χ3v) is 4.86. The summed E-state index contributed by atoms with van der Waals surface area (Å²) in [4.78, 5) is 16.7. The van der Waals surface area contributed by atoms with Gasteiger partial charge in [0.1, 0.15) is 0 Å². The van der Waals surface area contributed by atoms with Gasteiger partial charge in [0, 0.05) is 19.1 Å². The molecule has 2 fully saturated rings. The molecule has 4 heteroatoms. The maximum atomic E-state index is 12.5. The third-order valence-electron chi connectivity index (χ3n) is 4.86. The van der Waals surface area contributed by atoms with Crippen molar-refractivity contribution in [2.45, 2.75) is 64.0 Å². The molecule has 2 aliphatic rings. The fourth-order valence-electron chi connectivity index (χ4n) is 3.71. The molecule has 2 aliphatic carbocycles. The maximum Gasteiger partial charge on any atom is 0.236 e. The number of rotatable bonds is 6. The molecule has 0 bridgehead atoms. The average molecular weight is 282 g/mol. The van der Waals surface area contributed by atoms with Crippen LogP contribution in [0.3, 0.4) is 0 Å². The molecular formula is C16H30N2O2. The summed E-state index contributed by atoms with van der Waals surface area (Å²) in [5.41, 5.74) is 0. The van der Waals surface area contributed by atoms with Crippen molar-refractivity contribution in [3.63, 3.8) is 0 Å². The molecule has 0 aromatic carbocycles. The molecular weight excluding hydrogens is 252 g/mol. The quantitative estimate of drug-likeness (QED) is 0.809. The molecule has 0 saturated heterocycles. The lowest BCUT2D eigenvalue weighted by Gasteiger charge is -2.37. The van der Waals surface area contributed by atoms with E-state index in [-0.39, 0.29) is 12.0 Å². The zero-order chi connectivity index (χ0) is 14.5. The Balaban J connectivity index is 1.76. The third kappa shape index (κ3) is 4.19. The van der Waals surface area contributed by atoms with Gasteiger partial charge in [-0.1, -0.05) is 19.3 Å². The Morgan fingerprint density at radius 1 is 1.20 bits per heavy atom. The fourth-order valence-corrected chi connectivity index (χ4v) is 3.71. The normalized spacial score (nSPS) is 27.4. The number of hydrogen-bond donors (Lipinski definition) is 1. The van der Waals surface area contributed by atoms with E-state index in [0.717, 1.165) is 25.9 Å². The van der Waals surface area contributed by atoms with E-state index in [4.69, 9.17) is 0 Å². The van der Waals surface area contributed by atoms with Crippen LogP contribution in [-0.2, 0) is 4.79 Å². The van der Waals surface area contributed by atoms with Crippen LogP contribution in [-0.4, -0.2) is 59.6 Å². The summed E-state index contributed by atoms with van der Waals surface area (Å²) < 4.78 is 0. The highest BCUT2D eigenvalue weighted by atomic mass is 16.3. The number of likely N-dealkylation sites (N-methyl/N-ethyl adjacent to an activating group) is 2. The van der Waals surface area contributed by atoms with Gasteiger partial charge in [0.05, 0.1) is 12.6 Å². The second-order valence-electron chi connectivity index (χ2n) is 6.66. The molecule has 0 spiro atoms. The summed E-state index contributed by atoms with van der Waals surface area (Å²) in [5.74, 6) is 0.856. The van der Waals surface area contributed by atoms with Gasteiger partial charge in [-0.25, -0.2) is 0 Å². The minimum Gasteiger partial charge on any atom is -0.393 e. The van der Waals surface area contributed by atoms with Crippen LogP contribution in [0.5, 0.6) is 0 Å². The molecule has 0 aromatic rings. The summed E-state index contributed by atoms with van der Waals surface area (Å²) in [7, 11) is 2.03. The predicted octanol–water partition coefficient (Wildman–Crippen LogP) is 1.87. The van der Waals surface area contributed by atoms with Gasteiger partial charge in [0.15, 0.2) is 0 Å². The van der Waals surface area contributed by atoms with Crippen molar-refractivity contribution in [3.05, 3.63) is 0 Å². The largest absolute Gasteiger partial charge is 0.393 e. The zero-order valence-corrected chi connectivity index (χ0v) is 13.1. The minimum absolute atomic E-state index is 0.0986. The molecule has 20 heavy (non-hydrogen) atoms. The van der Waals surface area contributed by atoms with Crippen LogP contribution in [0.25, 0.3) is 0 Å². The van der Waals surface area contributed by atoms with Crippen molar-refractivity contribution in [3.8, 4) is 0 Å². The van der Waals surface area contributed by atoms with Crippen LogP contribution in [0.1, 0.15) is 51.9 Å². The van der Waals surface area contributed by atoms with Crippen LogP contribution in [0.2, 0.25) is 0 Å². The van der Waals surface area contributed by atoms with Gasteiger partial charge in [0.2, 0.25) is 5.91 Å². The number of aliphatic hydroxyl groups is 1. The van der Waals surface area contributed by atoms with E-state index in [0.29, 0.717) is 18.5 Å². The van der Waals surface area contributed by atoms with Crippen molar-refractivity contribution in [1.82, 2.24) is 9.80 Å². The monoisotopic (exact) mass is 282 g/mol. The first-order valence-electron chi connectivity index (χ1n) is 8.26. The van der Waals surface area contributed by atoms with Gasteiger partial charge in [-0.05, 0) is 45.6 Å². The van der Waals surface area contributed by atoms with Crippen LogP contribution in [0.15, 0.2) is 0 Å². The number of nitrogens with zero attached hydrogens (tertiary/aromatic N) is 2. The first-order valence-corrected chi connectivity index (χ1v) is 8.26. The van der Waals surface area contributed by atoms with Gasteiger partial charge in [-0.2, -0.15) is 0 Å². The van der Waals surface area contributed by atoms with E-state index < -0.39 is 0 Å². The first kappa shape index (κ1) is 15.8. The molecule has 0 aromatic heterocycles. The van der Waals surface area contributed by atoms with E-state index in [2.05, 4.69) is 16.7 Å². The van der Waals surface area contributed by atoms with Gasteiger partial charge in [-0.3, -0.25) is 9.69 Å². The molecule has 2 saturated carbocycles. The first-order chi connectivity index (χ1) is 9.60. The van der Waals surface area contributed by atoms with Crippen LogP contribution >= 0.6 is 0 Å². The van der Waals surface area contributed by atoms with Crippen molar-refractivity contribution in [1.29, 1.82) is 0 Å². The van der Waals surface area contributed by atoms with Crippen LogP contribution in [0, 0.1) is 5.92 Å². The molecule has 116 valence electrons. The molecule has 1 N–H and O–H groups in total. The fraction of sp³-hybridized carbons (Fsp3) is 0.938. The smallest absolute Gasteiger partial charge is 0.236 e. The van der Waals surface area contributed by atoms with Gasteiger partial charge in [0.25, 0.3) is 0 Å².